The minimum absolute atomic E-state index is 0.0653. The number of hydrogen-bond acceptors (Lipinski definition) is 4. The van der Waals surface area contributed by atoms with E-state index in [1.54, 1.807) is 24.3 Å². The Morgan fingerprint density at radius 2 is 2.00 bits per heavy atom. The summed E-state index contributed by atoms with van der Waals surface area (Å²) in [5, 5.41) is 3.60. The molecule has 1 N–H and O–H groups in total. The Bertz CT molecular complexity index is 595. The van der Waals surface area contributed by atoms with Gasteiger partial charge in [-0.15, -0.1) is 0 Å². The Labute approximate surface area is 107 Å². The van der Waals surface area contributed by atoms with Crippen LogP contribution in [0.1, 0.15) is 5.76 Å². The van der Waals surface area contributed by atoms with Crippen molar-refractivity contribution in [3.63, 3.8) is 0 Å². The highest BCUT2D eigenvalue weighted by molar-refractivity contribution is 9.10. The maximum Gasteiger partial charge on any atom is 0.240 e. The lowest BCUT2D eigenvalue weighted by Crippen LogP contribution is -2.22. The zero-order valence-electron chi connectivity index (χ0n) is 8.63. The Morgan fingerprint density at radius 3 is 2.59 bits per heavy atom. The first-order valence-electron chi connectivity index (χ1n) is 4.74. The van der Waals surface area contributed by atoms with Gasteiger partial charge in [0.05, 0.1) is 11.4 Å². The van der Waals surface area contributed by atoms with E-state index in [0.29, 0.717) is 10.4 Å². The van der Waals surface area contributed by atoms with Gasteiger partial charge in [-0.2, -0.15) is 0 Å². The summed E-state index contributed by atoms with van der Waals surface area (Å²) in [6, 6.07) is 9.75. The normalized spacial score (nSPS) is 11.6. The SMILES string of the molecule is O=S(=O)(NCc1cc(Br)no1)c1ccccc1. The van der Waals surface area contributed by atoms with Crippen molar-refractivity contribution < 1.29 is 12.9 Å². The topological polar surface area (TPSA) is 72.2 Å². The lowest BCUT2D eigenvalue weighted by Gasteiger charge is -2.03. The molecule has 0 unspecified atom stereocenters. The molecule has 7 heteroatoms. The number of nitrogens with one attached hydrogen (secondary N) is 1. The zero-order valence-corrected chi connectivity index (χ0v) is 11.0. The smallest absolute Gasteiger partial charge is 0.240 e. The van der Waals surface area contributed by atoms with E-state index in [1.807, 2.05) is 0 Å². The molecule has 1 aromatic carbocycles. The second-order valence-corrected chi connectivity index (χ2v) is 5.83. The second-order valence-electron chi connectivity index (χ2n) is 3.25. The summed E-state index contributed by atoms with van der Waals surface area (Å²) in [7, 11) is -3.50. The summed E-state index contributed by atoms with van der Waals surface area (Å²) in [5.41, 5.74) is 0. The molecule has 90 valence electrons. The van der Waals surface area contributed by atoms with E-state index >= 15 is 0 Å². The van der Waals surface area contributed by atoms with E-state index in [0.717, 1.165) is 0 Å². The number of aromatic nitrogens is 1. The molecule has 0 saturated carbocycles. The first kappa shape index (κ1) is 12.3. The molecule has 5 nitrogen and oxygen atoms in total. The van der Waals surface area contributed by atoms with E-state index in [1.165, 1.54) is 12.1 Å². The summed E-state index contributed by atoms with van der Waals surface area (Å²) in [4.78, 5) is 0.221. The fourth-order valence-electron chi connectivity index (χ4n) is 1.22. The average molecular weight is 317 g/mol. The van der Waals surface area contributed by atoms with Crippen molar-refractivity contribution in [1.29, 1.82) is 0 Å². The molecule has 0 aliphatic rings. The summed E-state index contributed by atoms with van der Waals surface area (Å²) in [5.74, 6) is 0.441. The maximum atomic E-state index is 11.8. The largest absolute Gasteiger partial charge is 0.359 e. The van der Waals surface area contributed by atoms with Gasteiger partial charge < -0.3 is 4.52 Å². The average Bonchev–Trinajstić information content (AvgIpc) is 2.74. The van der Waals surface area contributed by atoms with Gasteiger partial charge in [-0.3, -0.25) is 0 Å². The van der Waals surface area contributed by atoms with Crippen LogP contribution in [0.3, 0.4) is 0 Å². The van der Waals surface area contributed by atoms with Crippen molar-refractivity contribution in [1.82, 2.24) is 9.88 Å². The molecule has 0 spiro atoms. The van der Waals surface area contributed by atoms with E-state index in [9.17, 15) is 8.42 Å². The van der Waals surface area contributed by atoms with Crippen LogP contribution < -0.4 is 4.72 Å². The number of rotatable bonds is 4. The molecule has 0 amide bonds. The van der Waals surface area contributed by atoms with Crippen LogP contribution in [-0.4, -0.2) is 13.6 Å². The molecular weight excluding hydrogens is 308 g/mol. The zero-order chi connectivity index (χ0) is 12.3. The quantitative estimate of drug-likeness (QED) is 0.935. The van der Waals surface area contributed by atoms with Crippen molar-refractivity contribution in [3.8, 4) is 0 Å². The van der Waals surface area contributed by atoms with Crippen LogP contribution in [0.25, 0.3) is 0 Å². The Hall–Kier alpha value is -1.18. The third kappa shape index (κ3) is 3.15. The van der Waals surface area contributed by atoms with Crippen LogP contribution in [-0.2, 0) is 16.6 Å². The third-order valence-electron chi connectivity index (χ3n) is 2.02. The number of sulfonamides is 1. The monoisotopic (exact) mass is 316 g/mol. The van der Waals surface area contributed by atoms with Crippen molar-refractivity contribution >= 4 is 26.0 Å². The van der Waals surface area contributed by atoms with Crippen LogP contribution in [0.5, 0.6) is 0 Å². The molecule has 0 fully saturated rings. The fraction of sp³-hybridized carbons (Fsp3) is 0.100. The summed E-state index contributed by atoms with van der Waals surface area (Å²) in [6.45, 7) is 0.0653. The van der Waals surface area contributed by atoms with Crippen molar-refractivity contribution in [2.24, 2.45) is 0 Å². The third-order valence-corrected chi connectivity index (χ3v) is 3.81. The minimum Gasteiger partial charge on any atom is -0.359 e. The van der Waals surface area contributed by atoms with Gasteiger partial charge >= 0.3 is 0 Å². The van der Waals surface area contributed by atoms with Gasteiger partial charge in [0.1, 0.15) is 4.60 Å². The highest BCUT2D eigenvalue weighted by Gasteiger charge is 2.14. The van der Waals surface area contributed by atoms with Crippen LogP contribution in [0.4, 0.5) is 0 Å². The predicted octanol–water partition coefficient (Wildman–Crippen LogP) is 1.92. The number of nitrogens with zero attached hydrogens (tertiary/aromatic N) is 1. The first-order valence-corrected chi connectivity index (χ1v) is 7.01. The molecule has 0 aliphatic heterocycles. The van der Waals surface area contributed by atoms with E-state index in [4.69, 9.17) is 4.52 Å². The molecular formula is C10H9BrN2O3S. The lowest BCUT2D eigenvalue weighted by molar-refractivity contribution is 0.377. The molecule has 1 heterocycles. The van der Waals surface area contributed by atoms with Crippen molar-refractivity contribution in [2.75, 3.05) is 0 Å². The minimum atomic E-state index is -3.50. The Balaban J connectivity index is 2.09. The Morgan fingerprint density at radius 1 is 1.29 bits per heavy atom. The molecule has 2 rings (SSSR count). The predicted molar refractivity (Wildman–Crippen MR) is 64.7 cm³/mol. The summed E-state index contributed by atoms with van der Waals surface area (Å²) < 4.78 is 31.5. The van der Waals surface area contributed by atoms with Crippen LogP contribution in [0.2, 0.25) is 0 Å². The van der Waals surface area contributed by atoms with E-state index in [-0.39, 0.29) is 11.4 Å². The fourth-order valence-corrected chi connectivity index (χ4v) is 2.56. The van der Waals surface area contributed by atoms with Gasteiger partial charge in [0.15, 0.2) is 5.76 Å². The maximum absolute atomic E-state index is 11.8. The van der Waals surface area contributed by atoms with Crippen LogP contribution in [0.15, 0.2) is 50.4 Å². The molecule has 2 aromatic rings. The van der Waals surface area contributed by atoms with Gasteiger partial charge in [-0.25, -0.2) is 13.1 Å². The van der Waals surface area contributed by atoms with Crippen LogP contribution >= 0.6 is 15.9 Å². The second kappa shape index (κ2) is 4.99. The van der Waals surface area contributed by atoms with Gasteiger partial charge in [-0.1, -0.05) is 23.4 Å². The van der Waals surface area contributed by atoms with E-state index < -0.39 is 10.0 Å². The van der Waals surface area contributed by atoms with Gasteiger partial charge in [0, 0.05) is 6.07 Å². The first-order chi connectivity index (χ1) is 8.08. The molecule has 0 aliphatic carbocycles. The standard InChI is InChI=1S/C10H9BrN2O3S/c11-10-6-8(16-13-10)7-12-17(14,15)9-4-2-1-3-5-9/h1-6,12H,7H2. The van der Waals surface area contributed by atoms with E-state index in [2.05, 4.69) is 25.8 Å². The molecule has 0 radical (unpaired) electrons. The highest BCUT2D eigenvalue weighted by Crippen LogP contribution is 2.11. The van der Waals surface area contributed by atoms with Gasteiger partial charge in [0.2, 0.25) is 10.0 Å². The van der Waals surface area contributed by atoms with Crippen molar-refractivity contribution in [2.45, 2.75) is 11.4 Å². The molecule has 17 heavy (non-hydrogen) atoms. The number of halogens is 1. The number of hydrogen-bond donors (Lipinski definition) is 1. The molecule has 1 aromatic heterocycles. The molecule has 0 atom stereocenters. The van der Waals surface area contributed by atoms with Crippen molar-refractivity contribution in [3.05, 3.63) is 46.8 Å². The highest BCUT2D eigenvalue weighted by atomic mass is 79.9. The molecule has 0 saturated heterocycles. The van der Waals surface area contributed by atoms with Gasteiger partial charge in [0.25, 0.3) is 0 Å². The lowest BCUT2D eigenvalue weighted by atomic mass is 10.4. The van der Waals surface area contributed by atoms with Crippen LogP contribution in [0, 0.1) is 0 Å². The summed E-state index contributed by atoms with van der Waals surface area (Å²) in [6.07, 6.45) is 0. The summed E-state index contributed by atoms with van der Waals surface area (Å²) >= 11 is 3.12. The number of benzene rings is 1. The molecule has 0 bridgehead atoms. The Kier molecular flexibility index (Phi) is 3.60. The van der Waals surface area contributed by atoms with Gasteiger partial charge in [-0.05, 0) is 28.1 Å².